The fourth-order valence-electron chi connectivity index (χ4n) is 6.09. The third kappa shape index (κ3) is 5.00. The minimum atomic E-state index is -1.57. The molecule has 0 bridgehead atoms. The lowest BCUT2D eigenvalue weighted by Gasteiger charge is -2.49. The molecule has 0 aromatic heterocycles. The first-order valence-electron chi connectivity index (χ1n) is 12.7. The minimum absolute atomic E-state index is 0.262. The van der Waals surface area contributed by atoms with E-state index in [9.17, 15) is 19.8 Å². The normalized spacial score (nSPS) is 40.0. The molecule has 0 unspecified atom stereocenters. The summed E-state index contributed by atoms with van der Waals surface area (Å²) >= 11 is 0. The molecule has 35 heavy (non-hydrogen) atoms. The highest BCUT2D eigenvalue weighted by molar-refractivity contribution is 5.94. The first-order valence-corrected chi connectivity index (χ1v) is 12.7. The predicted octanol–water partition coefficient (Wildman–Crippen LogP) is 3.49. The number of amides is 1. The molecule has 8 atom stereocenters. The molecule has 0 radical (unpaired) electrons. The second-order valence-electron chi connectivity index (χ2n) is 10.5. The van der Waals surface area contributed by atoms with E-state index in [0.29, 0.717) is 24.3 Å². The zero-order chi connectivity index (χ0) is 25.2. The van der Waals surface area contributed by atoms with Gasteiger partial charge in [0, 0.05) is 18.0 Å². The third-order valence-corrected chi connectivity index (χ3v) is 8.04. The topological polar surface area (TPSA) is 95.9 Å². The summed E-state index contributed by atoms with van der Waals surface area (Å²) in [5.74, 6) is -2.13. The Morgan fingerprint density at radius 1 is 1.11 bits per heavy atom. The summed E-state index contributed by atoms with van der Waals surface area (Å²) in [6.45, 7) is 8.27. The van der Waals surface area contributed by atoms with Gasteiger partial charge in [-0.05, 0) is 48.3 Å². The summed E-state index contributed by atoms with van der Waals surface area (Å²) in [6, 6.07) is 9.59. The first kappa shape index (κ1) is 25.4. The van der Waals surface area contributed by atoms with Crippen molar-refractivity contribution in [2.45, 2.75) is 69.8 Å². The van der Waals surface area contributed by atoms with Gasteiger partial charge in [0.25, 0.3) is 5.91 Å². The van der Waals surface area contributed by atoms with Crippen molar-refractivity contribution in [3.8, 4) is 0 Å². The molecule has 1 aromatic carbocycles. The van der Waals surface area contributed by atoms with Crippen LogP contribution >= 0.6 is 0 Å². The van der Waals surface area contributed by atoms with Crippen molar-refractivity contribution in [1.82, 2.24) is 5.32 Å². The Morgan fingerprint density at radius 2 is 1.86 bits per heavy atom. The van der Waals surface area contributed by atoms with E-state index in [-0.39, 0.29) is 17.9 Å². The quantitative estimate of drug-likeness (QED) is 0.446. The van der Waals surface area contributed by atoms with Crippen LogP contribution in [0.1, 0.15) is 45.1 Å². The van der Waals surface area contributed by atoms with E-state index in [1.807, 2.05) is 49.4 Å². The SMILES string of the molecule is C=C1[C@@H](C)[C@H]2[C@@H](Cc3ccccc3)NC(=O)[C@@]23OC(=O)/C=C\[C@@H](O)CCC[C@@H](C)C/C=C\[C@@H]3[C@H]1O. The van der Waals surface area contributed by atoms with Gasteiger partial charge in [-0.1, -0.05) is 75.8 Å². The highest BCUT2D eigenvalue weighted by Crippen LogP contribution is 2.52. The largest absolute Gasteiger partial charge is 0.445 e. The average molecular weight is 480 g/mol. The van der Waals surface area contributed by atoms with E-state index in [0.717, 1.165) is 24.8 Å². The van der Waals surface area contributed by atoms with Crippen molar-refractivity contribution in [1.29, 1.82) is 0 Å². The molecule has 1 aromatic rings. The Balaban J connectivity index is 1.78. The van der Waals surface area contributed by atoms with Crippen molar-refractivity contribution >= 4 is 11.9 Å². The number of aliphatic hydroxyl groups is 2. The third-order valence-electron chi connectivity index (χ3n) is 8.04. The van der Waals surface area contributed by atoms with E-state index in [4.69, 9.17) is 4.74 Å². The van der Waals surface area contributed by atoms with E-state index in [1.165, 1.54) is 12.2 Å². The van der Waals surface area contributed by atoms with Gasteiger partial charge in [0.1, 0.15) is 0 Å². The molecule has 1 aliphatic carbocycles. The van der Waals surface area contributed by atoms with E-state index in [2.05, 4.69) is 18.8 Å². The number of carbonyl (C=O) groups is 2. The average Bonchev–Trinajstić information content (AvgIpc) is 3.09. The van der Waals surface area contributed by atoms with Gasteiger partial charge < -0.3 is 20.3 Å². The van der Waals surface area contributed by atoms with Gasteiger partial charge in [-0.15, -0.1) is 0 Å². The molecule has 3 N–H and O–H groups in total. The summed E-state index contributed by atoms with van der Waals surface area (Å²) in [5, 5.41) is 24.7. The van der Waals surface area contributed by atoms with Crippen LogP contribution in [0.2, 0.25) is 0 Å². The molecule has 1 spiro atoms. The number of hydrogen-bond donors (Lipinski definition) is 3. The number of carbonyl (C=O) groups excluding carboxylic acids is 2. The summed E-state index contributed by atoms with van der Waals surface area (Å²) < 4.78 is 6.05. The first-order chi connectivity index (χ1) is 16.7. The number of esters is 1. The molecule has 2 aliphatic heterocycles. The fraction of sp³-hybridized carbons (Fsp3) is 0.517. The van der Waals surface area contributed by atoms with Gasteiger partial charge in [-0.25, -0.2) is 4.79 Å². The van der Waals surface area contributed by atoms with Crippen LogP contribution in [0, 0.1) is 23.7 Å². The summed E-state index contributed by atoms with van der Waals surface area (Å²) in [4.78, 5) is 26.8. The fourth-order valence-corrected chi connectivity index (χ4v) is 6.09. The van der Waals surface area contributed by atoms with Crippen LogP contribution in [-0.4, -0.2) is 45.9 Å². The lowest BCUT2D eigenvalue weighted by molar-refractivity contribution is -0.182. The van der Waals surface area contributed by atoms with Crippen LogP contribution in [-0.2, 0) is 20.7 Å². The van der Waals surface area contributed by atoms with Gasteiger partial charge >= 0.3 is 5.97 Å². The van der Waals surface area contributed by atoms with Crippen molar-refractivity contribution in [3.63, 3.8) is 0 Å². The second-order valence-corrected chi connectivity index (χ2v) is 10.5. The van der Waals surface area contributed by atoms with Crippen molar-refractivity contribution in [2.75, 3.05) is 0 Å². The molecule has 188 valence electrons. The van der Waals surface area contributed by atoms with Gasteiger partial charge in [-0.2, -0.15) is 0 Å². The second kappa shape index (κ2) is 10.5. The Morgan fingerprint density at radius 3 is 2.60 bits per heavy atom. The summed E-state index contributed by atoms with van der Waals surface area (Å²) in [6.07, 6.45) is 8.39. The van der Waals surface area contributed by atoms with Crippen LogP contribution in [0.25, 0.3) is 0 Å². The standard InChI is InChI=1S/C29H37NO5/c1-18-9-7-13-22(31)15-16-25(32)35-29-23(14-8-10-18)27(33)20(3)19(2)26(29)24(30-28(29)34)17-21-11-5-4-6-12-21/h4-6,8,11-12,14-16,18-19,22-24,26-27,31,33H,3,7,9-10,13,17H2,1-2H3,(H,30,34)/b14-8-,16-15-/t18-,19-,22+,23-,24-,26+,27+,29+/m1/s1. The molecule has 1 saturated carbocycles. The molecular formula is C29H37NO5. The zero-order valence-corrected chi connectivity index (χ0v) is 20.6. The van der Waals surface area contributed by atoms with Crippen LogP contribution in [0.15, 0.2) is 66.8 Å². The number of ether oxygens (including phenoxy) is 1. The van der Waals surface area contributed by atoms with Gasteiger partial charge in [0.2, 0.25) is 5.60 Å². The summed E-state index contributed by atoms with van der Waals surface area (Å²) in [5.41, 5.74) is 0.136. The molecule has 2 heterocycles. The number of nitrogens with one attached hydrogen (secondary N) is 1. The summed E-state index contributed by atoms with van der Waals surface area (Å²) in [7, 11) is 0. The lowest BCUT2D eigenvalue weighted by atomic mass is 9.59. The smallest absolute Gasteiger partial charge is 0.331 e. The van der Waals surface area contributed by atoms with Crippen molar-refractivity contribution in [3.05, 3.63) is 72.4 Å². The van der Waals surface area contributed by atoms with E-state index >= 15 is 0 Å². The van der Waals surface area contributed by atoms with Crippen LogP contribution in [0.4, 0.5) is 0 Å². The Labute approximate surface area is 207 Å². The van der Waals surface area contributed by atoms with E-state index in [1.54, 1.807) is 0 Å². The van der Waals surface area contributed by atoms with Crippen LogP contribution in [0.5, 0.6) is 0 Å². The Hall–Kier alpha value is -2.70. The monoisotopic (exact) mass is 479 g/mol. The van der Waals surface area contributed by atoms with E-state index < -0.39 is 35.6 Å². The highest BCUT2D eigenvalue weighted by atomic mass is 16.6. The Bertz CT molecular complexity index is 1000. The molecular weight excluding hydrogens is 442 g/mol. The molecule has 6 heteroatoms. The molecule has 4 rings (SSSR count). The number of benzene rings is 1. The maximum Gasteiger partial charge on any atom is 0.331 e. The molecule has 2 fully saturated rings. The zero-order valence-electron chi connectivity index (χ0n) is 20.6. The number of rotatable bonds is 2. The molecule has 3 aliphatic rings. The minimum Gasteiger partial charge on any atom is -0.445 e. The van der Waals surface area contributed by atoms with Crippen LogP contribution in [0.3, 0.4) is 0 Å². The number of aliphatic hydroxyl groups excluding tert-OH is 2. The molecule has 6 nitrogen and oxygen atoms in total. The molecule has 1 amide bonds. The van der Waals surface area contributed by atoms with Crippen LogP contribution < -0.4 is 5.32 Å². The van der Waals surface area contributed by atoms with Gasteiger partial charge in [-0.3, -0.25) is 4.79 Å². The van der Waals surface area contributed by atoms with Crippen molar-refractivity contribution < 1.29 is 24.5 Å². The Kier molecular flexibility index (Phi) is 7.62. The number of hydrogen-bond acceptors (Lipinski definition) is 5. The van der Waals surface area contributed by atoms with Gasteiger partial charge in [0.15, 0.2) is 0 Å². The lowest BCUT2D eigenvalue weighted by Crippen LogP contribution is -2.61. The van der Waals surface area contributed by atoms with Gasteiger partial charge in [0.05, 0.1) is 18.1 Å². The predicted molar refractivity (Wildman–Crippen MR) is 134 cm³/mol. The molecule has 1 saturated heterocycles. The highest BCUT2D eigenvalue weighted by Gasteiger charge is 2.67. The van der Waals surface area contributed by atoms with Crippen molar-refractivity contribution in [2.24, 2.45) is 23.7 Å². The number of allylic oxidation sites excluding steroid dienone is 1. The maximum absolute atomic E-state index is 13.7. The maximum atomic E-state index is 13.7.